The van der Waals surface area contributed by atoms with Crippen LogP contribution in [0.25, 0.3) is 0 Å². The molecular formula is C10H24O4. The van der Waals surface area contributed by atoms with Crippen LogP contribution in [0.3, 0.4) is 0 Å². The summed E-state index contributed by atoms with van der Waals surface area (Å²) < 4.78 is 14.6. The molecule has 0 heterocycles. The highest BCUT2D eigenvalue weighted by Gasteiger charge is 1.87. The maximum absolute atomic E-state index is 8.43. The van der Waals surface area contributed by atoms with Crippen molar-refractivity contribution in [3.63, 3.8) is 0 Å². The van der Waals surface area contributed by atoms with Gasteiger partial charge in [0.15, 0.2) is 0 Å². The van der Waals surface area contributed by atoms with Gasteiger partial charge in [0.05, 0.1) is 25.9 Å². The minimum Gasteiger partial charge on any atom is -0.391 e. The fourth-order valence-corrected chi connectivity index (χ4v) is 0.648. The second kappa shape index (κ2) is 15.3. The summed E-state index contributed by atoms with van der Waals surface area (Å²) in [4.78, 5) is 0. The van der Waals surface area contributed by atoms with E-state index in [1.807, 2.05) is 13.8 Å². The van der Waals surface area contributed by atoms with Crippen LogP contribution in [0.5, 0.6) is 0 Å². The summed E-state index contributed by atoms with van der Waals surface area (Å²) >= 11 is 0. The highest BCUT2D eigenvalue weighted by Crippen LogP contribution is 1.76. The largest absolute Gasteiger partial charge is 0.391 e. The summed E-state index contributed by atoms with van der Waals surface area (Å²) in [7, 11) is 1.56. The predicted octanol–water partition coefficient (Wildman–Crippen LogP) is 1.07. The molecule has 0 fully saturated rings. The molecule has 88 valence electrons. The van der Waals surface area contributed by atoms with Crippen LogP contribution < -0.4 is 0 Å². The first-order valence-corrected chi connectivity index (χ1v) is 5.01. The molecule has 0 saturated heterocycles. The topological polar surface area (TPSA) is 47.9 Å². The third-order valence-corrected chi connectivity index (χ3v) is 1.19. The van der Waals surface area contributed by atoms with E-state index in [2.05, 4.69) is 4.74 Å². The Morgan fingerprint density at radius 3 is 1.64 bits per heavy atom. The minimum atomic E-state index is -0.324. The smallest absolute Gasteiger partial charge is 0.0745 e. The van der Waals surface area contributed by atoms with E-state index >= 15 is 0 Å². The lowest BCUT2D eigenvalue weighted by atomic mass is 10.5. The van der Waals surface area contributed by atoms with Gasteiger partial charge in [-0.2, -0.15) is 0 Å². The Kier molecular flexibility index (Phi) is 17.8. The van der Waals surface area contributed by atoms with Crippen LogP contribution >= 0.6 is 0 Å². The van der Waals surface area contributed by atoms with Gasteiger partial charge < -0.3 is 19.3 Å². The summed E-state index contributed by atoms with van der Waals surface area (Å²) in [6, 6.07) is 0. The van der Waals surface area contributed by atoms with E-state index < -0.39 is 0 Å². The summed E-state index contributed by atoms with van der Waals surface area (Å²) in [5.41, 5.74) is 0. The van der Waals surface area contributed by atoms with E-state index in [-0.39, 0.29) is 6.10 Å². The van der Waals surface area contributed by atoms with Crippen molar-refractivity contribution in [2.24, 2.45) is 0 Å². The second-order valence-electron chi connectivity index (χ2n) is 2.70. The zero-order chi connectivity index (χ0) is 11.2. The lowest BCUT2D eigenvalue weighted by molar-refractivity contribution is 0.0584. The molecule has 1 N–H and O–H groups in total. The van der Waals surface area contributed by atoms with Gasteiger partial charge in [-0.25, -0.2) is 0 Å². The Morgan fingerprint density at radius 2 is 1.50 bits per heavy atom. The van der Waals surface area contributed by atoms with Crippen LogP contribution in [0.4, 0.5) is 0 Å². The molecule has 0 saturated carbocycles. The van der Waals surface area contributed by atoms with Crippen LogP contribution in [-0.4, -0.2) is 51.4 Å². The molecule has 0 aliphatic rings. The monoisotopic (exact) mass is 208 g/mol. The zero-order valence-electron chi connectivity index (χ0n) is 9.78. The van der Waals surface area contributed by atoms with Gasteiger partial charge in [0.1, 0.15) is 0 Å². The van der Waals surface area contributed by atoms with Gasteiger partial charge in [-0.1, -0.05) is 0 Å². The van der Waals surface area contributed by atoms with E-state index in [0.717, 1.165) is 26.4 Å². The Morgan fingerprint density at radius 1 is 1.07 bits per heavy atom. The summed E-state index contributed by atoms with van der Waals surface area (Å²) in [5, 5.41) is 8.43. The van der Waals surface area contributed by atoms with Crippen LogP contribution in [-0.2, 0) is 14.2 Å². The molecule has 0 amide bonds. The maximum atomic E-state index is 8.43. The molecule has 0 aliphatic carbocycles. The van der Waals surface area contributed by atoms with Crippen molar-refractivity contribution >= 4 is 0 Å². The van der Waals surface area contributed by atoms with Crippen LogP contribution in [0.15, 0.2) is 0 Å². The molecule has 0 rings (SSSR count). The number of rotatable bonds is 7. The fourth-order valence-electron chi connectivity index (χ4n) is 0.648. The van der Waals surface area contributed by atoms with E-state index in [1.165, 1.54) is 0 Å². The Hall–Kier alpha value is -0.160. The molecule has 14 heavy (non-hydrogen) atoms. The van der Waals surface area contributed by atoms with Crippen LogP contribution in [0, 0.1) is 0 Å². The molecule has 0 spiro atoms. The first-order valence-electron chi connectivity index (χ1n) is 5.01. The lowest BCUT2D eigenvalue weighted by Crippen LogP contribution is -2.07. The number of aliphatic hydroxyl groups is 1. The van der Waals surface area contributed by atoms with E-state index in [1.54, 1.807) is 14.0 Å². The molecule has 0 aromatic carbocycles. The molecule has 1 unspecified atom stereocenters. The molecule has 0 radical (unpaired) electrons. The lowest BCUT2D eigenvalue weighted by Gasteiger charge is -1.99. The number of ether oxygens (including phenoxy) is 3. The van der Waals surface area contributed by atoms with Crippen molar-refractivity contribution < 1.29 is 19.3 Å². The maximum Gasteiger partial charge on any atom is 0.0745 e. The average molecular weight is 208 g/mol. The van der Waals surface area contributed by atoms with Crippen LogP contribution in [0.2, 0.25) is 0 Å². The quantitative estimate of drug-likeness (QED) is 0.636. The molecule has 0 aromatic rings. The highest BCUT2D eigenvalue weighted by atomic mass is 16.5. The van der Waals surface area contributed by atoms with Gasteiger partial charge in [-0.15, -0.1) is 0 Å². The third kappa shape index (κ3) is 22.6. The number of hydrogen-bond donors (Lipinski definition) is 1. The molecular weight excluding hydrogens is 184 g/mol. The molecule has 0 aliphatic heterocycles. The fraction of sp³-hybridized carbons (Fsp3) is 1.00. The highest BCUT2D eigenvalue weighted by molar-refractivity contribution is 4.36. The summed E-state index contributed by atoms with van der Waals surface area (Å²) in [6.07, 6.45) is -0.324. The third-order valence-electron chi connectivity index (χ3n) is 1.19. The number of hydrogen-bond acceptors (Lipinski definition) is 4. The standard InChI is InChI=1S/C6H14O2.C4H10O2/c1-3-7-5-6-8-4-2;1-4(5)3-6-2/h3-6H2,1-2H3;4-5H,3H2,1-2H3. The predicted molar refractivity (Wildman–Crippen MR) is 56.5 cm³/mol. The Balaban J connectivity index is 0. The Labute approximate surface area is 87.2 Å². The van der Waals surface area contributed by atoms with Crippen LogP contribution in [0.1, 0.15) is 20.8 Å². The van der Waals surface area contributed by atoms with Crippen molar-refractivity contribution in [3.05, 3.63) is 0 Å². The van der Waals surface area contributed by atoms with E-state index in [4.69, 9.17) is 14.6 Å². The number of aliphatic hydroxyl groups excluding tert-OH is 1. The molecule has 1 atom stereocenters. The van der Waals surface area contributed by atoms with Gasteiger partial charge in [-0.3, -0.25) is 0 Å². The average Bonchev–Trinajstić information content (AvgIpc) is 2.13. The van der Waals surface area contributed by atoms with Crippen molar-refractivity contribution in [1.29, 1.82) is 0 Å². The zero-order valence-corrected chi connectivity index (χ0v) is 9.78. The second-order valence-corrected chi connectivity index (χ2v) is 2.70. The van der Waals surface area contributed by atoms with Gasteiger partial charge in [0.25, 0.3) is 0 Å². The summed E-state index contributed by atoms with van der Waals surface area (Å²) in [6.45, 7) is 9.09. The first-order chi connectivity index (χ1) is 6.68. The van der Waals surface area contributed by atoms with Gasteiger partial charge >= 0.3 is 0 Å². The van der Waals surface area contributed by atoms with Crippen molar-refractivity contribution in [2.45, 2.75) is 26.9 Å². The summed E-state index contributed by atoms with van der Waals surface area (Å²) in [5.74, 6) is 0. The SMILES string of the molecule is CCOCCOCC.COCC(C)O. The first kappa shape index (κ1) is 16.3. The molecule has 0 bridgehead atoms. The normalized spacial score (nSPS) is 11.8. The Bertz CT molecular complexity index is 80.2. The van der Waals surface area contributed by atoms with Gasteiger partial charge in [-0.05, 0) is 20.8 Å². The van der Waals surface area contributed by atoms with Crippen molar-refractivity contribution in [2.75, 3.05) is 40.1 Å². The molecule has 4 nitrogen and oxygen atoms in total. The van der Waals surface area contributed by atoms with E-state index in [9.17, 15) is 0 Å². The van der Waals surface area contributed by atoms with Gasteiger partial charge in [0.2, 0.25) is 0 Å². The minimum absolute atomic E-state index is 0.324. The molecule has 4 heteroatoms. The number of methoxy groups -OCH3 is 1. The van der Waals surface area contributed by atoms with E-state index in [0.29, 0.717) is 6.61 Å². The van der Waals surface area contributed by atoms with Crippen molar-refractivity contribution in [1.82, 2.24) is 0 Å². The molecule has 0 aromatic heterocycles. The van der Waals surface area contributed by atoms with Gasteiger partial charge in [0, 0.05) is 20.3 Å². The van der Waals surface area contributed by atoms with Crippen molar-refractivity contribution in [3.8, 4) is 0 Å².